The van der Waals surface area contributed by atoms with Gasteiger partial charge in [0.1, 0.15) is 19.8 Å². The molecule has 4 rings (SSSR count). The number of aliphatic imine (C=N–C) groups is 1. The molecule has 1 fully saturated rings. The number of alkyl halides is 2. The smallest absolute Gasteiger partial charge is 0.373 e. The summed E-state index contributed by atoms with van der Waals surface area (Å²) in [5, 5.41) is 10.0. The molecule has 2 aliphatic rings. The molecule has 12 heteroatoms. The van der Waals surface area contributed by atoms with Crippen molar-refractivity contribution in [1.82, 2.24) is 24.7 Å². The molecule has 4 N–H and O–H groups in total. The highest BCUT2D eigenvalue weighted by atomic mass is 28.2. The maximum Gasteiger partial charge on any atom is 0.373 e. The van der Waals surface area contributed by atoms with E-state index in [0.29, 0.717) is 11.5 Å². The summed E-state index contributed by atoms with van der Waals surface area (Å²) in [5.41, 5.74) is 13.0. The van der Waals surface area contributed by atoms with Crippen LogP contribution < -0.4 is 15.7 Å². The quantitative estimate of drug-likeness (QED) is 0.170. The van der Waals surface area contributed by atoms with Crippen LogP contribution in [0.25, 0.3) is 11.1 Å². The number of aromatic amines is 1. The van der Waals surface area contributed by atoms with Gasteiger partial charge < -0.3 is 15.5 Å². The number of anilines is 1. The number of aromatic nitrogens is 2. The number of rotatable bonds is 7. The molecule has 1 aromatic carbocycles. The third kappa shape index (κ3) is 6.51. The molecule has 0 atom stereocenters. The van der Waals surface area contributed by atoms with Crippen LogP contribution in [0.2, 0.25) is 0 Å². The molecule has 0 unspecified atom stereocenters. The van der Waals surface area contributed by atoms with Crippen LogP contribution in [-0.4, -0.2) is 77.4 Å². The van der Waals surface area contributed by atoms with Gasteiger partial charge in [-0.05, 0) is 30.1 Å². The fraction of sp³-hybridized carbons (Fsp3) is 0.120. The molecule has 1 saturated heterocycles. The van der Waals surface area contributed by atoms with Crippen LogP contribution in [-0.2, 0) is 4.79 Å². The minimum absolute atomic E-state index is 0.139. The second-order valence-corrected chi connectivity index (χ2v) is 10.2. The first-order valence-corrected chi connectivity index (χ1v) is 12.9. The van der Waals surface area contributed by atoms with E-state index in [4.69, 9.17) is 5.73 Å². The first-order chi connectivity index (χ1) is 17.7. The molecular weight excluding hydrogens is 494 g/mol. The van der Waals surface area contributed by atoms with E-state index in [2.05, 4.69) is 38.5 Å². The summed E-state index contributed by atoms with van der Waals surface area (Å²) in [6, 6.07) is 7.83. The lowest BCUT2D eigenvalue weighted by Gasteiger charge is -2.38. The molecular formula is C25H25F2N8OSi+. The molecule has 2 aromatic rings. The summed E-state index contributed by atoms with van der Waals surface area (Å²) in [7, 11) is -1.31. The summed E-state index contributed by atoms with van der Waals surface area (Å²) in [6.07, 6.45) is 9.94. The Morgan fingerprint density at radius 1 is 1.30 bits per heavy atom. The first kappa shape index (κ1) is 25.4. The Hall–Kier alpha value is -4.67. The van der Waals surface area contributed by atoms with Crippen LogP contribution in [0.5, 0.6) is 0 Å². The van der Waals surface area contributed by atoms with Gasteiger partial charge in [-0.3, -0.25) is 14.9 Å². The van der Waals surface area contributed by atoms with Gasteiger partial charge >= 0.3 is 5.84 Å². The first-order valence-electron chi connectivity index (χ1n) is 11.2. The third-order valence-corrected chi connectivity index (χ3v) is 7.06. The van der Waals surface area contributed by atoms with Gasteiger partial charge in [0.2, 0.25) is 0 Å². The van der Waals surface area contributed by atoms with E-state index in [0.717, 1.165) is 21.7 Å². The third-order valence-electron chi connectivity index (χ3n) is 5.43. The zero-order valence-corrected chi connectivity index (χ0v) is 20.8. The van der Waals surface area contributed by atoms with Crippen LogP contribution >= 0.6 is 0 Å². The number of carbonyl (C=O) groups is 1. The maximum absolute atomic E-state index is 13.0. The van der Waals surface area contributed by atoms with Gasteiger partial charge in [0.25, 0.3) is 11.8 Å². The highest BCUT2D eigenvalue weighted by molar-refractivity contribution is 6.93. The van der Waals surface area contributed by atoms with Gasteiger partial charge in [-0.1, -0.05) is 24.4 Å². The van der Waals surface area contributed by atoms with Gasteiger partial charge in [0.05, 0.1) is 25.4 Å². The average Bonchev–Trinajstić information content (AvgIpc) is 3.40. The number of carbonyl (C=O) groups excluding carboxylic acids is 1. The number of likely N-dealkylation sites (tertiary alicyclic amines) is 1. The number of allylic oxidation sites excluding steroid dienone is 1. The number of benzene rings is 1. The standard InChI is InChI=1S/C25H24F2N8OSi/c1-18-14-37(10-9-34(18)13-22(28)24(36)35-15-25(26,27)16-35)17-30-23(7-8-29-2)33-21-5-3-19(4-6-21)20-11-31-32-12-20/h3-14,17H,1-2,15-16,28H2,(H,31,32)/p+1/b8-7-,22-13-. The Labute approximate surface area is 213 Å². The summed E-state index contributed by atoms with van der Waals surface area (Å²) in [5.74, 6) is -1.09. The topological polar surface area (TPSA) is 117 Å². The normalized spacial score (nSPS) is 16.6. The fourth-order valence-electron chi connectivity index (χ4n) is 3.51. The van der Waals surface area contributed by atoms with Crippen LogP contribution in [0.4, 0.5) is 14.5 Å². The minimum Gasteiger partial charge on any atom is -0.393 e. The van der Waals surface area contributed by atoms with Gasteiger partial charge in [0, 0.05) is 36.1 Å². The molecule has 0 saturated carbocycles. The van der Waals surface area contributed by atoms with Crippen molar-refractivity contribution in [3.05, 3.63) is 85.0 Å². The highest BCUT2D eigenvalue weighted by Crippen LogP contribution is 2.27. The number of amides is 1. The van der Waals surface area contributed by atoms with E-state index >= 15 is 0 Å². The van der Waals surface area contributed by atoms with Crippen LogP contribution in [0, 0.1) is 0 Å². The van der Waals surface area contributed by atoms with Crippen molar-refractivity contribution >= 4 is 44.1 Å². The number of nitrogens with one attached hydrogen (secondary N) is 2. The Bertz CT molecular complexity index is 1380. The predicted molar refractivity (Wildman–Crippen MR) is 145 cm³/mol. The van der Waals surface area contributed by atoms with Gasteiger partial charge in [0.15, 0.2) is 5.84 Å². The van der Waals surface area contributed by atoms with Gasteiger partial charge in [-0.25, -0.2) is 18.8 Å². The van der Waals surface area contributed by atoms with E-state index in [1.807, 2.05) is 47.7 Å². The number of hydrogen-bond acceptors (Lipinski definition) is 5. The van der Waals surface area contributed by atoms with Crippen LogP contribution in [0.15, 0.2) is 90.0 Å². The summed E-state index contributed by atoms with van der Waals surface area (Å²) in [6.45, 7) is 6.23. The number of nitrogens with zero attached hydrogens (tertiary/aromatic N) is 5. The van der Waals surface area contributed by atoms with E-state index in [1.165, 1.54) is 12.4 Å². The summed E-state index contributed by atoms with van der Waals surface area (Å²) < 4.78 is 30.7. The second kappa shape index (κ2) is 10.9. The molecule has 0 radical (unpaired) electrons. The van der Waals surface area contributed by atoms with Crippen molar-refractivity contribution in [2.24, 2.45) is 10.7 Å². The van der Waals surface area contributed by atoms with E-state index in [1.54, 1.807) is 23.4 Å². The molecule has 0 spiro atoms. The zero-order chi connectivity index (χ0) is 26.4. The van der Waals surface area contributed by atoms with E-state index in [-0.39, 0.29) is 5.70 Å². The lowest BCUT2D eigenvalue weighted by molar-refractivity contribution is -0.162. The number of hydrogen-bond donors (Lipinski definition) is 3. The number of nitrogens with two attached hydrogens (primary N) is 1. The van der Waals surface area contributed by atoms with Crippen LogP contribution in [0.3, 0.4) is 0 Å². The van der Waals surface area contributed by atoms with Crippen molar-refractivity contribution in [3.8, 4) is 11.1 Å². The molecule has 188 valence electrons. The van der Waals surface area contributed by atoms with Crippen molar-refractivity contribution < 1.29 is 13.6 Å². The fourth-order valence-corrected chi connectivity index (χ4v) is 4.93. The highest BCUT2D eigenvalue weighted by Gasteiger charge is 2.46. The minimum atomic E-state index is -2.85. The summed E-state index contributed by atoms with van der Waals surface area (Å²) >= 11 is 0. The average molecular weight is 520 g/mol. The maximum atomic E-state index is 13.0. The predicted octanol–water partition coefficient (Wildman–Crippen LogP) is 1.82. The lowest BCUT2D eigenvalue weighted by atomic mass is 10.1. The van der Waals surface area contributed by atoms with E-state index in [9.17, 15) is 13.6 Å². The van der Waals surface area contributed by atoms with Crippen molar-refractivity contribution in [2.75, 3.05) is 18.4 Å². The monoisotopic (exact) mass is 519 g/mol. The SMILES string of the molecule is C=N/C=C\C(=[N+]=C[Si]1=CC(=C)N(/C=C(\N)C(=O)N2CC(F)(F)C2)C=C1)Nc1ccc(-c2cn[nH]c2)cc1. The Balaban J connectivity index is 1.44. The van der Waals surface area contributed by atoms with Crippen molar-refractivity contribution in [3.63, 3.8) is 0 Å². The number of H-pyrrole nitrogens is 1. The van der Waals surface area contributed by atoms with Gasteiger partial charge in [-0.15, -0.1) is 0 Å². The molecule has 0 bridgehead atoms. The molecule has 2 aliphatic heterocycles. The lowest BCUT2D eigenvalue weighted by Crippen LogP contribution is -2.59. The zero-order valence-electron chi connectivity index (χ0n) is 19.8. The van der Waals surface area contributed by atoms with Crippen LogP contribution in [0.1, 0.15) is 0 Å². The van der Waals surface area contributed by atoms with Crippen molar-refractivity contribution in [1.29, 1.82) is 0 Å². The molecule has 1 amide bonds. The number of halogens is 2. The molecule has 37 heavy (non-hydrogen) atoms. The summed E-state index contributed by atoms with van der Waals surface area (Å²) in [4.78, 5) is 18.6. The van der Waals surface area contributed by atoms with Gasteiger partial charge in [-0.2, -0.15) is 5.10 Å². The Morgan fingerprint density at radius 3 is 2.68 bits per heavy atom. The molecule has 3 heterocycles. The molecule has 1 aromatic heterocycles. The number of amidine groups is 1. The molecule has 0 aliphatic carbocycles. The Kier molecular flexibility index (Phi) is 7.51. The second-order valence-electron chi connectivity index (χ2n) is 8.29. The Morgan fingerprint density at radius 2 is 2.05 bits per heavy atom. The largest absolute Gasteiger partial charge is 0.393 e. The van der Waals surface area contributed by atoms with E-state index < -0.39 is 33.3 Å². The molecule has 9 nitrogen and oxygen atoms in total. The van der Waals surface area contributed by atoms with Crippen molar-refractivity contribution in [2.45, 2.75) is 5.92 Å².